The van der Waals surface area contributed by atoms with E-state index in [2.05, 4.69) is 17.0 Å². The van der Waals surface area contributed by atoms with Crippen LogP contribution in [0.15, 0.2) is 24.3 Å². The maximum atomic E-state index is 12.9. The summed E-state index contributed by atoms with van der Waals surface area (Å²) in [6.45, 7) is 2.85. The number of aryl methyl sites for hydroxylation is 1. The van der Waals surface area contributed by atoms with Crippen LogP contribution in [0.4, 0.5) is 0 Å². The van der Waals surface area contributed by atoms with E-state index in [4.69, 9.17) is 5.73 Å². The monoisotopic (exact) mass is 287 g/mol. The molecule has 1 aliphatic heterocycles. The minimum atomic E-state index is -0.0182. The van der Waals surface area contributed by atoms with E-state index in [9.17, 15) is 4.79 Å². The van der Waals surface area contributed by atoms with Crippen LogP contribution in [0.3, 0.4) is 0 Å². The zero-order valence-electron chi connectivity index (χ0n) is 12.5. The van der Waals surface area contributed by atoms with E-state index in [-0.39, 0.29) is 11.9 Å². The third kappa shape index (κ3) is 2.41. The number of para-hydroxylation sites is 1. The Bertz CT molecular complexity index is 665. The number of piperazine rings is 1. The lowest BCUT2D eigenvalue weighted by Crippen LogP contribution is -2.56. The molecule has 112 valence electrons. The zero-order chi connectivity index (χ0) is 15.0. The molecule has 1 fully saturated rings. The molecule has 1 aliphatic rings. The number of aromatic nitrogens is 2. The number of hydrogen-bond acceptors (Lipinski definition) is 4. The van der Waals surface area contributed by atoms with Gasteiger partial charge < -0.3 is 15.5 Å². The molecular weight excluding hydrogens is 266 g/mol. The van der Waals surface area contributed by atoms with Gasteiger partial charge in [0.05, 0.1) is 11.6 Å². The zero-order valence-corrected chi connectivity index (χ0v) is 12.5. The third-order valence-electron chi connectivity index (χ3n) is 4.18. The van der Waals surface area contributed by atoms with Crippen LogP contribution < -0.4 is 5.73 Å². The average molecular weight is 287 g/mol. The lowest BCUT2D eigenvalue weighted by atomic mass is 10.1. The Morgan fingerprint density at radius 1 is 1.33 bits per heavy atom. The van der Waals surface area contributed by atoms with Gasteiger partial charge in [-0.25, -0.2) is 0 Å². The summed E-state index contributed by atoms with van der Waals surface area (Å²) in [5.41, 5.74) is 7.34. The van der Waals surface area contributed by atoms with Crippen molar-refractivity contribution >= 4 is 16.8 Å². The van der Waals surface area contributed by atoms with Crippen molar-refractivity contribution in [3.05, 3.63) is 30.0 Å². The van der Waals surface area contributed by atoms with E-state index < -0.39 is 0 Å². The fraction of sp³-hybridized carbons (Fsp3) is 0.467. The Labute approximate surface area is 124 Å². The molecule has 6 heteroatoms. The molecule has 2 N–H and O–H groups in total. The topological polar surface area (TPSA) is 67.4 Å². The van der Waals surface area contributed by atoms with Crippen molar-refractivity contribution in [2.24, 2.45) is 12.8 Å². The predicted molar refractivity (Wildman–Crippen MR) is 82.1 cm³/mol. The molecule has 0 radical (unpaired) electrons. The maximum absolute atomic E-state index is 12.9. The molecule has 2 heterocycles. The van der Waals surface area contributed by atoms with Crippen LogP contribution in [0.5, 0.6) is 0 Å². The Morgan fingerprint density at radius 3 is 2.86 bits per heavy atom. The van der Waals surface area contributed by atoms with E-state index in [1.54, 1.807) is 4.68 Å². The van der Waals surface area contributed by atoms with Crippen molar-refractivity contribution in [3.63, 3.8) is 0 Å². The Morgan fingerprint density at radius 2 is 2.10 bits per heavy atom. The summed E-state index contributed by atoms with van der Waals surface area (Å²) in [6, 6.07) is 7.87. The molecule has 6 nitrogen and oxygen atoms in total. The first-order valence-electron chi connectivity index (χ1n) is 7.23. The molecule has 1 aromatic heterocycles. The van der Waals surface area contributed by atoms with Gasteiger partial charge in [-0.15, -0.1) is 0 Å². The summed E-state index contributed by atoms with van der Waals surface area (Å²) in [6.07, 6.45) is 0. The molecule has 1 saturated heterocycles. The second-order valence-electron chi connectivity index (χ2n) is 5.64. The molecule has 2 aromatic rings. The largest absolute Gasteiger partial charge is 0.330 e. The van der Waals surface area contributed by atoms with E-state index in [1.165, 1.54) is 0 Å². The Kier molecular flexibility index (Phi) is 3.65. The van der Waals surface area contributed by atoms with E-state index in [0.717, 1.165) is 24.0 Å². The van der Waals surface area contributed by atoms with Gasteiger partial charge in [-0.3, -0.25) is 9.48 Å². The van der Waals surface area contributed by atoms with Crippen LogP contribution in [0.2, 0.25) is 0 Å². The lowest BCUT2D eigenvalue weighted by molar-refractivity contribution is 0.0511. The number of nitrogens with zero attached hydrogens (tertiary/aromatic N) is 4. The van der Waals surface area contributed by atoms with Crippen LogP contribution >= 0.6 is 0 Å². The standard InChI is InChI=1S/C15H21N5O/c1-18-7-8-20(11(9-16)10-18)15(21)14-12-5-3-4-6-13(12)19(2)17-14/h3-6,11H,7-10,16H2,1-2H3. The fourth-order valence-corrected chi connectivity index (χ4v) is 2.99. The number of amides is 1. The number of nitrogens with two attached hydrogens (primary N) is 1. The van der Waals surface area contributed by atoms with Gasteiger partial charge in [-0.1, -0.05) is 18.2 Å². The minimum Gasteiger partial charge on any atom is -0.330 e. The molecule has 3 rings (SSSR count). The number of carbonyl (C=O) groups is 1. The molecule has 0 saturated carbocycles. The molecule has 1 atom stereocenters. The number of fused-ring (bicyclic) bond motifs is 1. The summed E-state index contributed by atoms with van der Waals surface area (Å²) < 4.78 is 1.76. The Balaban J connectivity index is 1.96. The maximum Gasteiger partial charge on any atom is 0.275 e. The SMILES string of the molecule is CN1CCN(C(=O)c2nn(C)c3ccccc23)C(CN)C1. The van der Waals surface area contributed by atoms with Gasteiger partial charge in [0.25, 0.3) is 5.91 Å². The van der Waals surface area contributed by atoms with Crippen LogP contribution in [-0.4, -0.2) is 64.8 Å². The highest BCUT2D eigenvalue weighted by Gasteiger charge is 2.31. The number of hydrogen-bond donors (Lipinski definition) is 1. The fourth-order valence-electron chi connectivity index (χ4n) is 2.99. The highest BCUT2D eigenvalue weighted by molar-refractivity contribution is 6.05. The number of benzene rings is 1. The molecule has 0 bridgehead atoms. The molecular formula is C15H21N5O. The van der Waals surface area contributed by atoms with Crippen LogP contribution in [0.25, 0.3) is 10.9 Å². The van der Waals surface area contributed by atoms with Crippen LogP contribution in [0, 0.1) is 0 Å². The molecule has 0 aliphatic carbocycles. The van der Waals surface area contributed by atoms with Gasteiger partial charge >= 0.3 is 0 Å². The van der Waals surface area contributed by atoms with Crippen molar-refractivity contribution in [1.82, 2.24) is 19.6 Å². The van der Waals surface area contributed by atoms with Crippen LogP contribution in [0.1, 0.15) is 10.5 Å². The smallest absolute Gasteiger partial charge is 0.275 e. The van der Waals surface area contributed by atoms with E-state index >= 15 is 0 Å². The molecule has 21 heavy (non-hydrogen) atoms. The van der Waals surface area contributed by atoms with E-state index in [0.29, 0.717) is 18.8 Å². The highest BCUT2D eigenvalue weighted by Crippen LogP contribution is 2.20. The first kappa shape index (κ1) is 14.0. The molecule has 1 aromatic carbocycles. The molecule has 1 unspecified atom stereocenters. The first-order chi connectivity index (χ1) is 10.1. The second kappa shape index (κ2) is 5.46. The predicted octanol–water partition coefficient (Wildman–Crippen LogP) is 0.288. The molecule has 0 spiro atoms. The van der Waals surface area contributed by atoms with Gasteiger partial charge in [0.15, 0.2) is 5.69 Å². The average Bonchev–Trinajstić information content (AvgIpc) is 2.84. The lowest BCUT2D eigenvalue weighted by Gasteiger charge is -2.39. The number of rotatable bonds is 2. The third-order valence-corrected chi connectivity index (χ3v) is 4.18. The van der Waals surface area contributed by atoms with Crippen molar-refractivity contribution in [2.75, 3.05) is 33.2 Å². The van der Waals surface area contributed by atoms with Gasteiger partial charge in [0, 0.05) is 38.6 Å². The summed E-state index contributed by atoms with van der Waals surface area (Å²) in [5.74, 6) is -0.0182. The van der Waals surface area contributed by atoms with Gasteiger partial charge in [0.1, 0.15) is 0 Å². The summed E-state index contributed by atoms with van der Waals surface area (Å²) in [7, 11) is 3.92. The summed E-state index contributed by atoms with van der Waals surface area (Å²) in [5, 5.41) is 5.33. The normalized spacial score (nSPS) is 20.1. The van der Waals surface area contributed by atoms with Crippen molar-refractivity contribution in [1.29, 1.82) is 0 Å². The molecule has 1 amide bonds. The summed E-state index contributed by atoms with van der Waals surface area (Å²) >= 11 is 0. The van der Waals surface area contributed by atoms with Gasteiger partial charge in [-0.05, 0) is 13.1 Å². The highest BCUT2D eigenvalue weighted by atomic mass is 16.2. The van der Waals surface area contributed by atoms with E-state index in [1.807, 2.05) is 36.2 Å². The van der Waals surface area contributed by atoms with Crippen LogP contribution in [-0.2, 0) is 7.05 Å². The van der Waals surface area contributed by atoms with Crippen molar-refractivity contribution < 1.29 is 4.79 Å². The second-order valence-corrected chi connectivity index (χ2v) is 5.64. The number of likely N-dealkylation sites (N-methyl/N-ethyl adjacent to an activating group) is 1. The van der Waals surface area contributed by atoms with Gasteiger partial charge in [-0.2, -0.15) is 5.10 Å². The summed E-state index contributed by atoms with van der Waals surface area (Å²) in [4.78, 5) is 17.0. The minimum absolute atomic E-state index is 0.0182. The Hall–Kier alpha value is -1.92. The first-order valence-corrected chi connectivity index (χ1v) is 7.23. The van der Waals surface area contributed by atoms with Gasteiger partial charge in [0.2, 0.25) is 0 Å². The van der Waals surface area contributed by atoms with Crippen molar-refractivity contribution in [2.45, 2.75) is 6.04 Å². The van der Waals surface area contributed by atoms with Crippen molar-refractivity contribution in [3.8, 4) is 0 Å². The number of carbonyl (C=O) groups excluding carboxylic acids is 1. The quantitative estimate of drug-likeness (QED) is 0.862.